The zero-order chi connectivity index (χ0) is 30.2. The minimum absolute atomic E-state index is 0.0819. The summed E-state index contributed by atoms with van der Waals surface area (Å²) in [5.74, 6) is 0.212. The van der Waals surface area contributed by atoms with Gasteiger partial charge in [0.05, 0.1) is 11.4 Å². The molecular formula is C32H38N6O4. The van der Waals surface area contributed by atoms with Gasteiger partial charge in [0, 0.05) is 35.0 Å². The van der Waals surface area contributed by atoms with Crippen LogP contribution in [0.25, 0.3) is 10.8 Å². The zero-order valence-electron chi connectivity index (χ0n) is 24.5. The highest BCUT2D eigenvalue weighted by Gasteiger charge is 2.14. The number of phenolic OH excluding ortho intramolecular Hbond substituents is 4. The molecule has 0 bridgehead atoms. The molecule has 0 spiro atoms. The van der Waals surface area contributed by atoms with E-state index >= 15 is 0 Å². The smallest absolute Gasteiger partial charge is 0.143 e. The van der Waals surface area contributed by atoms with E-state index in [1.54, 1.807) is 48.5 Å². The normalized spacial score (nSPS) is 12.0. The van der Waals surface area contributed by atoms with Crippen LogP contribution in [-0.4, -0.2) is 56.4 Å². The summed E-state index contributed by atoms with van der Waals surface area (Å²) in [6, 6.07) is 16.3. The second-order valence-corrected chi connectivity index (χ2v) is 9.91. The van der Waals surface area contributed by atoms with Gasteiger partial charge >= 0.3 is 0 Å². The van der Waals surface area contributed by atoms with Crippen LogP contribution in [0.5, 0.6) is 23.0 Å². The molecule has 42 heavy (non-hydrogen) atoms. The Kier molecular flexibility index (Phi) is 10.1. The van der Waals surface area contributed by atoms with Gasteiger partial charge in [0.15, 0.2) is 0 Å². The summed E-state index contributed by atoms with van der Waals surface area (Å²) in [5.41, 5.74) is 2.96. The molecule has 0 aliphatic carbocycles. The monoisotopic (exact) mass is 570 g/mol. The first-order valence-corrected chi connectivity index (χ1v) is 14.2. The lowest BCUT2D eigenvalue weighted by molar-refractivity contribution is 0.291. The third kappa shape index (κ3) is 7.02. The van der Waals surface area contributed by atoms with E-state index in [-0.39, 0.29) is 34.4 Å². The van der Waals surface area contributed by atoms with Crippen LogP contribution < -0.4 is 0 Å². The van der Waals surface area contributed by atoms with Crippen molar-refractivity contribution in [2.45, 2.75) is 40.8 Å². The summed E-state index contributed by atoms with van der Waals surface area (Å²) in [5, 5.41) is 60.4. The van der Waals surface area contributed by atoms with Crippen LogP contribution in [0.4, 0.5) is 22.7 Å². The third-order valence-electron chi connectivity index (χ3n) is 7.34. The van der Waals surface area contributed by atoms with Crippen molar-refractivity contribution in [2.24, 2.45) is 20.5 Å². The Morgan fingerprint density at radius 1 is 0.476 bits per heavy atom. The number of phenols is 4. The molecule has 220 valence electrons. The summed E-state index contributed by atoms with van der Waals surface area (Å²) in [6.07, 6.45) is 0. The van der Waals surface area contributed by atoms with Crippen LogP contribution in [0, 0.1) is 0 Å². The number of fused-ring (bicyclic) bond motifs is 1. The van der Waals surface area contributed by atoms with Crippen molar-refractivity contribution in [3.8, 4) is 23.0 Å². The number of azo groups is 2. The van der Waals surface area contributed by atoms with Crippen molar-refractivity contribution in [1.29, 1.82) is 0 Å². The second kappa shape index (κ2) is 13.9. The average Bonchev–Trinajstić information content (AvgIpc) is 3.00. The van der Waals surface area contributed by atoms with Gasteiger partial charge in [-0.1, -0.05) is 27.7 Å². The van der Waals surface area contributed by atoms with Crippen molar-refractivity contribution in [3.63, 3.8) is 0 Å². The number of benzene rings is 4. The molecule has 0 saturated heterocycles. The fourth-order valence-electron chi connectivity index (χ4n) is 4.67. The van der Waals surface area contributed by atoms with E-state index in [2.05, 4.69) is 58.0 Å². The third-order valence-corrected chi connectivity index (χ3v) is 7.34. The molecule has 4 N–H and O–H groups in total. The molecule has 10 heteroatoms. The number of hydrogen-bond acceptors (Lipinski definition) is 10. The molecule has 4 rings (SSSR count). The summed E-state index contributed by atoms with van der Waals surface area (Å²) in [7, 11) is 0. The first kappa shape index (κ1) is 30.4. The van der Waals surface area contributed by atoms with Gasteiger partial charge < -0.3 is 20.4 Å². The van der Waals surface area contributed by atoms with Crippen LogP contribution in [0.15, 0.2) is 81.1 Å². The molecule has 0 amide bonds. The highest BCUT2D eigenvalue weighted by Crippen LogP contribution is 2.44. The Labute approximate surface area is 245 Å². The lowest BCUT2D eigenvalue weighted by Gasteiger charge is -2.18. The van der Waals surface area contributed by atoms with Gasteiger partial charge in [0.2, 0.25) is 0 Å². The lowest BCUT2D eigenvalue weighted by atomic mass is 10.1. The van der Waals surface area contributed by atoms with Crippen LogP contribution in [0.3, 0.4) is 0 Å². The van der Waals surface area contributed by atoms with Crippen LogP contribution >= 0.6 is 0 Å². The summed E-state index contributed by atoms with van der Waals surface area (Å²) < 4.78 is 0. The summed E-state index contributed by atoms with van der Waals surface area (Å²) >= 11 is 0. The molecule has 0 aliphatic rings. The SMILES string of the molecule is CCN(CC)Cc1cc(/N=N/c2c(O)ccc3c(/N=N/c4ccc(O)c(CN(CC)CC)c4)c(O)ccc23)ccc1O. The highest BCUT2D eigenvalue weighted by molar-refractivity contribution is 6.03. The zero-order valence-corrected chi connectivity index (χ0v) is 24.5. The van der Waals surface area contributed by atoms with Crippen molar-refractivity contribution >= 4 is 33.5 Å². The minimum atomic E-state index is -0.0819. The maximum atomic E-state index is 10.7. The van der Waals surface area contributed by atoms with Gasteiger partial charge in [-0.25, -0.2) is 0 Å². The van der Waals surface area contributed by atoms with Crippen molar-refractivity contribution in [3.05, 3.63) is 71.8 Å². The standard InChI is InChI=1S/C32H38N6O4/c1-5-37(6-2)19-21-17-23(9-13-27(21)39)33-35-31-25-11-16-30(42)32(26(25)12-15-29(31)41)36-34-24-10-14-28(40)22(18-24)20-38(7-3)8-4/h9-18,39-42H,5-8,19-20H2,1-4H3/b35-33+,36-34+. The van der Waals surface area contributed by atoms with E-state index in [0.29, 0.717) is 35.2 Å². The molecular weight excluding hydrogens is 532 g/mol. The van der Waals surface area contributed by atoms with Crippen LogP contribution in [0.2, 0.25) is 0 Å². The fraction of sp³-hybridized carbons (Fsp3) is 0.312. The Morgan fingerprint density at radius 2 is 0.833 bits per heavy atom. The average molecular weight is 571 g/mol. The van der Waals surface area contributed by atoms with E-state index in [0.717, 1.165) is 37.3 Å². The Hall–Kier alpha value is -4.54. The van der Waals surface area contributed by atoms with Gasteiger partial charge in [0.25, 0.3) is 0 Å². The van der Waals surface area contributed by atoms with Gasteiger partial charge in [-0.05, 0) is 86.8 Å². The fourth-order valence-corrected chi connectivity index (χ4v) is 4.67. The van der Waals surface area contributed by atoms with Crippen molar-refractivity contribution in [2.75, 3.05) is 26.2 Å². The van der Waals surface area contributed by atoms with Crippen LogP contribution in [-0.2, 0) is 13.1 Å². The van der Waals surface area contributed by atoms with Gasteiger partial charge in [-0.2, -0.15) is 10.2 Å². The number of aromatic hydroxyl groups is 4. The Morgan fingerprint density at radius 3 is 1.19 bits per heavy atom. The number of hydrogen-bond donors (Lipinski definition) is 4. The molecule has 0 aliphatic heterocycles. The topological polar surface area (TPSA) is 137 Å². The quantitative estimate of drug-likeness (QED) is 0.127. The molecule has 0 fully saturated rings. The van der Waals surface area contributed by atoms with E-state index < -0.39 is 0 Å². The van der Waals surface area contributed by atoms with Crippen molar-refractivity contribution in [1.82, 2.24) is 9.80 Å². The summed E-state index contributed by atoms with van der Waals surface area (Å²) in [6.45, 7) is 12.8. The minimum Gasteiger partial charge on any atom is -0.508 e. The maximum Gasteiger partial charge on any atom is 0.143 e. The molecule has 0 saturated carbocycles. The summed E-state index contributed by atoms with van der Waals surface area (Å²) in [4.78, 5) is 4.36. The van der Waals surface area contributed by atoms with Crippen LogP contribution in [0.1, 0.15) is 38.8 Å². The van der Waals surface area contributed by atoms with E-state index in [1.165, 1.54) is 12.1 Å². The van der Waals surface area contributed by atoms with Gasteiger partial charge in [0.1, 0.15) is 34.4 Å². The molecule has 0 aromatic heterocycles. The molecule has 4 aromatic carbocycles. The lowest BCUT2D eigenvalue weighted by Crippen LogP contribution is -2.22. The Balaban J connectivity index is 1.68. The molecule has 0 radical (unpaired) electrons. The molecule has 0 unspecified atom stereocenters. The largest absolute Gasteiger partial charge is 0.508 e. The predicted molar refractivity (Wildman–Crippen MR) is 165 cm³/mol. The number of nitrogens with zero attached hydrogens (tertiary/aromatic N) is 6. The maximum absolute atomic E-state index is 10.7. The van der Waals surface area contributed by atoms with Crippen molar-refractivity contribution < 1.29 is 20.4 Å². The predicted octanol–water partition coefficient (Wildman–Crippen LogP) is 8.18. The molecule has 0 heterocycles. The molecule has 0 atom stereocenters. The van der Waals surface area contributed by atoms with E-state index in [4.69, 9.17) is 0 Å². The van der Waals surface area contributed by atoms with Gasteiger partial charge in [-0.15, -0.1) is 10.2 Å². The first-order chi connectivity index (χ1) is 20.3. The Bertz CT molecular complexity index is 1480. The second-order valence-electron chi connectivity index (χ2n) is 9.91. The first-order valence-electron chi connectivity index (χ1n) is 14.2. The highest BCUT2D eigenvalue weighted by atomic mass is 16.3. The molecule has 10 nitrogen and oxygen atoms in total. The van der Waals surface area contributed by atoms with E-state index in [9.17, 15) is 20.4 Å². The number of rotatable bonds is 12. The van der Waals surface area contributed by atoms with Gasteiger partial charge in [-0.3, -0.25) is 9.80 Å². The van der Waals surface area contributed by atoms with E-state index in [1.807, 2.05) is 0 Å². The molecule has 4 aromatic rings.